The summed E-state index contributed by atoms with van der Waals surface area (Å²) in [7, 11) is 0. The lowest BCUT2D eigenvalue weighted by Gasteiger charge is -2.08. The molecular formula is C13H15F2N3O2. The Morgan fingerprint density at radius 3 is 2.45 bits per heavy atom. The van der Waals surface area contributed by atoms with Crippen LogP contribution in [-0.4, -0.2) is 24.9 Å². The number of amides is 2. The highest BCUT2D eigenvalue weighted by molar-refractivity contribution is 5.95. The quantitative estimate of drug-likeness (QED) is 0.552. The molecule has 1 fully saturated rings. The lowest BCUT2D eigenvalue weighted by Crippen LogP contribution is -2.35. The van der Waals surface area contributed by atoms with Crippen molar-refractivity contribution in [3.05, 3.63) is 29.3 Å². The van der Waals surface area contributed by atoms with Gasteiger partial charge in [-0.1, -0.05) is 0 Å². The van der Waals surface area contributed by atoms with Gasteiger partial charge in [0.15, 0.2) is 0 Å². The average molecular weight is 283 g/mol. The SMILES string of the molecule is Nc1cc(C(=O)NCCNC(=O)C2CC2)c(F)cc1F. The number of nitrogens with one attached hydrogen (secondary N) is 2. The molecule has 0 atom stereocenters. The Bertz CT molecular complexity index is 545. The van der Waals surface area contributed by atoms with E-state index in [2.05, 4.69) is 10.6 Å². The molecule has 5 nitrogen and oxygen atoms in total. The third-order valence-electron chi connectivity index (χ3n) is 2.99. The van der Waals surface area contributed by atoms with E-state index in [-0.39, 0.29) is 36.2 Å². The van der Waals surface area contributed by atoms with Crippen molar-refractivity contribution in [3.8, 4) is 0 Å². The first-order valence-electron chi connectivity index (χ1n) is 6.29. The third-order valence-corrected chi connectivity index (χ3v) is 2.99. The van der Waals surface area contributed by atoms with Crippen LogP contribution in [0, 0.1) is 17.6 Å². The molecule has 1 aromatic rings. The van der Waals surface area contributed by atoms with Crippen LogP contribution in [-0.2, 0) is 4.79 Å². The molecule has 4 N–H and O–H groups in total. The first kappa shape index (κ1) is 14.2. The van der Waals surface area contributed by atoms with Gasteiger partial charge in [-0.05, 0) is 18.9 Å². The van der Waals surface area contributed by atoms with E-state index in [1.54, 1.807) is 0 Å². The zero-order valence-electron chi connectivity index (χ0n) is 10.7. The summed E-state index contributed by atoms with van der Waals surface area (Å²) in [5.41, 5.74) is 4.67. The lowest BCUT2D eigenvalue weighted by atomic mass is 10.1. The van der Waals surface area contributed by atoms with Gasteiger partial charge in [0.25, 0.3) is 5.91 Å². The molecule has 1 aliphatic carbocycles. The molecule has 2 amide bonds. The molecule has 108 valence electrons. The van der Waals surface area contributed by atoms with Crippen molar-refractivity contribution in [2.24, 2.45) is 5.92 Å². The standard InChI is InChI=1S/C13H15F2N3O2/c14-9-6-10(15)11(16)5-8(9)13(20)18-4-3-17-12(19)7-1-2-7/h5-7H,1-4,16H2,(H,17,19)(H,18,20). The Labute approximate surface area is 114 Å². The summed E-state index contributed by atoms with van der Waals surface area (Å²) in [6.45, 7) is 0.424. The summed E-state index contributed by atoms with van der Waals surface area (Å²) in [4.78, 5) is 23.0. The number of rotatable bonds is 5. The molecule has 20 heavy (non-hydrogen) atoms. The van der Waals surface area contributed by atoms with Crippen molar-refractivity contribution in [1.82, 2.24) is 10.6 Å². The third kappa shape index (κ3) is 3.43. The Morgan fingerprint density at radius 2 is 1.80 bits per heavy atom. The van der Waals surface area contributed by atoms with Gasteiger partial charge < -0.3 is 16.4 Å². The minimum absolute atomic E-state index is 0.0311. The van der Waals surface area contributed by atoms with Crippen LogP contribution in [0.2, 0.25) is 0 Å². The number of halogens is 2. The highest BCUT2D eigenvalue weighted by Gasteiger charge is 2.29. The van der Waals surface area contributed by atoms with Crippen LogP contribution in [0.15, 0.2) is 12.1 Å². The predicted octanol–water partition coefficient (Wildman–Crippen LogP) is 0.803. The summed E-state index contributed by atoms with van der Waals surface area (Å²) in [6, 6.07) is 1.52. The van der Waals surface area contributed by atoms with Gasteiger partial charge >= 0.3 is 0 Å². The maximum Gasteiger partial charge on any atom is 0.254 e. The van der Waals surface area contributed by atoms with Crippen LogP contribution in [0.3, 0.4) is 0 Å². The normalized spacial score (nSPS) is 13.9. The molecule has 0 aromatic heterocycles. The van der Waals surface area contributed by atoms with Crippen LogP contribution in [0.4, 0.5) is 14.5 Å². The van der Waals surface area contributed by atoms with Gasteiger partial charge in [0, 0.05) is 25.1 Å². The van der Waals surface area contributed by atoms with Crippen LogP contribution < -0.4 is 16.4 Å². The van der Waals surface area contributed by atoms with E-state index in [0.29, 0.717) is 6.07 Å². The Morgan fingerprint density at radius 1 is 1.15 bits per heavy atom. The van der Waals surface area contributed by atoms with Gasteiger partial charge in [0.2, 0.25) is 5.91 Å². The first-order chi connectivity index (χ1) is 9.49. The molecule has 1 saturated carbocycles. The van der Waals surface area contributed by atoms with E-state index >= 15 is 0 Å². The van der Waals surface area contributed by atoms with Crippen LogP contribution in [0.1, 0.15) is 23.2 Å². The van der Waals surface area contributed by atoms with Crippen molar-refractivity contribution in [2.45, 2.75) is 12.8 Å². The molecule has 2 rings (SSSR count). The minimum atomic E-state index is -0.976. The molecule has 0 radical (unpaired) electrons. The number of nitrogen functional groups attached to an aromatic ring is 1. The fraction of sp³-hybridized carbons (Fsp3) is 0.385. The highest BCUT2D eigenvalue weighted by atomic mass is 19.1. The second kappa shape index (κ2) is 5.85. The van der Waals surface area contributed by atoms with E-state index in [4.69, 9.17) is 5.73 Å². The van der Waals surface area contributed by atoms with Gasteiger partial charge in [-0.2, -0.15) is 0 Å². The number of nitrogens with two attached hydrogens (primary N) is 1. The molecule has 0 saturated heterocycles. The molecule has 1 aliphatic rings. The zero-order valence-corrected chi connectivity index (χ0v) is 10.7. The topological polar surface area (TPSA) is 84.2 Å². The van der Waals surface area contributed by atoms with Crippen molar-refractivity contribution >= 4 is 17.5 Å². The maximum atomic E-state index is 13.4. The molecule has 7 heteroatoms. The fourth-order valence-corrected chi connectivity index (χ4v) is 1.69. The number of benzene rings is 1. The second-order valence-corrected chi connectivity index (χ2v) is 4.67. The van der Waals surface area contributed by atoms with E-state index in [0.717, 1.165) is 18.9 Å². The highest BCUT2D eigenvalue weighted by Crippen LogP contribution is 2.28. The molecule has 0 heterocycles. The average Bonchev–Trinajstić information content (AvgIpc) is 3.22. The van der Waals surface area contributed by atoms with Crippen molar-refractivity contribution < 1.29 is 18.4 Å². The molecular weight excluding hydrogens is 268 g/mol. The van der Waals surface area contributed by atoms with Crippen molar-refractivity contribution in [1.29, 1.82) is 0 Å². The van der Waals surface area contributed by atoms with Gasteiger partial charge in [-0.25, -0.2) is 8.78 Å². The van der Waals surface area contributed by atoms with Crippen LogP contribution in [0.5, 0.6) is 0 Å². The summed E-state index contributed by atoms with van der Waals surface area (Å²) in [5.74, 6) is -2.52. The number of carbonyl (C=O) groups excluding carboxylic acids is 2. The number of carbonyl (C=O) groups is 2. The maximum absolute atomic E-state index is 13.4. The van der Waals surface area contributed by atoms with Gasteiger partial charge in [-0.15, -0.1) is 0 Å². The van der Waals surface area contributed by atoms with E-state index in [9.17, 15) is 18.4 Å². The Hall–Kier alpha value is -2.18. The summed E-state index contributed by atoms with van der Waals surface area (Å²) in [6.07, 6.45) is 1.80. The smallest absolute Gasteiger partial charge is 0.254 e. The van der Waals surface area contributed by atoms with Crippen LogP contribution >= 0.6 is 0 Å². The van der Waals surface area contributed by atoms with Gasteiger partial charge in [-0.3, -0.25) is 9.59 Å². The number of hydrogen-bond acceptors (Lipinski definition) is 3. The minimum Gasteiger partial charge on any atom is -0.396 e. The lowest BCUT2D eigenvalue weighted by molar-refractivity contribution is -0.122. The molecule has 1 aromatic carbocycles. The predicted molar refractivity (Wildman–Crippen MR) is 68.8 cm³/mol. The summed E-state index contributed by atoms with van der Waals surface area (Å²) in [5, 5.41) is 5.08. The van der Waals surface area contributed by atoms with Crippen LogP contribution in [0.25, 0.3) is 0 Å². The zero-order chi connectivity index (χ0) is 14.7. The summed E-state index contributed by atoms with van der Waals surface area (Å²) >= 11 is 0. The van der Waals surface area contributed by atoms with Gasteiger partial charge in [0.05, 0.1) is 11.3 Å². The molecule has 0 unspecified atom stereocenters. The second-order valence-electron chi connectivity index (χ2n) is 4.67. The van der Waals surface area contributed by atoms with Gasteiger partial charge in [0.1, 0.15) is 11.6 Å². The van der Waals surface area contributed by atoms with Crippen molar-refractivity contribution in [3.63, 3.8) is 0 Å². The number of hydrogen-bond donors (Lipinski definition) is 3. The molecule has 0 bridgehead atoms. The largest absolute Gasteiger partial charge is 0.396 e. The van der Waals surface area contributed by atoms with E-state index in [1.807, 2.05) is 0 Å². The first-order valence-corrected chi connectivity index (χ1v) is 6.29. The number of anilines is 1. The monoisotopic (exact) mass is 283 g/mol. The van der Waals surface area contributed by atoms with E-state index < -0.39 is 17.5 Å². The Kier molecular flexibility index (Phi) is 4.16. The Balaban J connectivity index is 1.82. The molecule has 0 spiro atoms. The van der Waals surface area contributed by atoms with Crippen molar-refractivity contribution in [2.75, 3.05) is 18.8 Å². The summed E-state index contributed by atoms with van der Waals surface area (Å²) < 4.78 is 26.4. The molecule has 0 aliphatic heterocycles. The van der Waals surface area contributed by atoms with E-state index in [1.165, 1.54) is 0 Å². The fourth-order valence-electron chi connectivity index (χ4n) is 1.69.